The zero-order valence-electron chi connectivity index (χ0n) is 14.8. The van der Waals surface area contributed by atoms with Gasteiger partial charge in [0.15, 0.2) is 0 Å². The van der Waals surface area contributed by atoms with E-state index < -0.39 is 0 Å². The predicted octanol–water partition coefficient (Wildman–Crippen LogP) is 3.49. The van der Waals surface area contributed by atoms with Crippen LogP contribution < -0.4 is 0 Å². The fourth-order valence-electron chi connectivity index (χ4n) is 4.73. The molecular formula is C21H24N2O2. The van der Waals surface area contributed by atoms with Gasteiger partial charge in [-0.15, -0.1) is 0 Å². The van der Waals surface area contributed by atoms with Crippen LogP contribution >= 0.6 is 0 Å². The van der Waals surface area contributed by atoms with Gasteiger partial charge < -0.3 is 4.74 Å². The van der Waals surface area contributed by atoms with Gasteiger partial charge in [0.2, 0.25) is 0 Å². The highest BCUT2D eigenvalue weighted by molar-refractivity contribution is 5.75. The van der Waals surface area contributed by atoms with Crippen LogP contribution in [0.5, 0.6) is 0 Å². The van der Waals surface area contributed by atoms with E-state index >= 15 is 0 Å². The number of carbonyl (C=O) groups excluding carboxylic acids is 1. The summed E-state index contributed by atoms with van der Waals surface area (Å²) in [7, 11) is 3.66. The number of hydrogen-bond acceptors (Lipinski definition) is 4. The predicted molar refractivity (Wildman–Crippen MR) is 97.1 cm³/mol. The van der Waals surface area contributed by atoms with Gasteiger partial charge in [-0.1, -0.05) is 24.3 Å². The molecule has 2 aromatic rings. The first-order valence-electron chi connectivity index (χ1n) is 8.99. The summed E-state index contributed by atoms with van der Waals surface area (Å²) in [5, 5.41) is 0. The monoisotopic (exact) mass is 336 g/mol. The molecule has 2 aliphatic heterocycles. The van der Waals surface area contributed by atoms with Gasteiger partial charge in [-0.3, -0.25) is 14.7 Å². The van der Waals surface area contributed by atoms with Crippen LogP contribution in [0.2, 0.25) is 0 Å². The van der Waals surface area contributed by atoms with E-state index in [4.69, 9.17) is 4.74 Å². The maximum atomic E-state index is 12.5. The second-order valence-corrected chi connectivity index (χ2v) is 7.21. The van der Waals surface area contributed by atoms with Gasteiger partial charge in [0, 0.05) is 30.4 Å². The summed E-state index contributed by atoms with van der Waals surface area (Å²) in [4.78, 5) is 19.0. The molecule has 2 aliphatic rings. The molecule has 4 unspecified atom stereocenters. The third-order valence-electron chi connectivity index (χ3n) is 6.09. The minimum atomic E-state index is -0.0691. The number of ether oxygens (including phenoxy) is 1. The van der Waals surface area contributed by atoms with Crippen molar-refractivity contribution in [3.63, 3.8) is 0 Å². The molecule has 0 N–H and O–H groups in total. The Morgan fingerprint density at radius 2 is 1.76 bits per heavy atom. The molecule has 4 nitrogen and oxygen atoms in total. The number of esters is 1. The smallest absolute Gasteiger partial charge is 0.310 e. The van der Waals surface area contributed by atoms with Crippen molar-refractivity contribution in [1.29, 1.82) is 0 Å². The standard InChI is InChI=1S/C21H24N2O2/c1-23-17-7-8-19(23)20(21(24)25-2)18(13-17)16-5-3-14(4-6-16)15-9-11-22-12-10-15/h3-6,9-12,17-20H,7-8,13H2,1-2H3. The number of methoxy groups -OCH3 is 1. The van der Waals surface area contributed by atoms with Gasteiger partial charge in [-0.05, 0) is 55.1 Å². The molecule has 2 fully saturated rings. The number of fused-ring (bicyclic) bond motifs is 2. The number of hydrogen-bond donors (Lipinski definition) is 0. The van der Waals surface area contributed by atoms with Crippen LogP contribution in [0.15, 0.2) is 48.8 Å². The Bertz CT molecular complexity index is 744. The second-order valence-electron chi connectivity index (χ2n) is 7.21. The summed E-state index contributed by atoms with van der Waals surface area (Å²) >= 11 is 0. The van der Waals surface area contributed by atoms with E-state index in [1.165, 1.54) is 24.7 Å². The summed E-state index contributed by atoms with van der Waals surface area (Å²) in [6.45, 7) is 0. The lowest BCUT2D eigenvalue weighted by atomic mass is 9.76. The lowest BCUT2D eigenvalue weighted by Gasteiger charge is -2.41. The molecule has 3 heterocycles. The summed E-state index contributed by atoms with van der Waals surface area (Å²) in [5.41, 5.74) is 3.59. The Kier molecular flexibility index (Phi) is 4.30. The Morgan fingerprint density at radius 1 is 1.08 bits per heavy atom. The summed E-state index contributed by atoms with van der Waals surface area (Å²) in [5.74, 6) is 0.105. The summed E-state index contributed by atoms with van der Waals surface area (Å²) < 4.78 is 5.16. The molecule has 1 aromatic carbocycles. The van der Waals surface area contributed by atoms with Crippen molar-refractivity contribution in [2.45, 2.75) is 37.3 Å². The van der Waals surface area contributed by atoms with Crippen LogP contribution in [0.25, 0.3) is 11.1 Å². The first-order chi connectivity index (χ1) is 12.2. The van der Waals surface area contributed by atoms with Crippen LogP contribution in [-0.4, -0.2) is 42.1 Å². The average Bonchev–Trinajstić information content (AvgIpc) is 2.90. The van der Waals surface area contributed by atoms with Crippen molar-refractivity contribution in [3.8, 4) is 11.1 Å². The molecular weight excluding hydrogens is 312 g/mol. The minimum Gasteiger partial charge on any atom is -0.469 e. The molecule has 0 spiro atoms. The van der Waals surface area contributed by atoms with Gasteiger partial charge in [0.05, 0.1) is 13.0 Å². The largest absolute Gasteiger partial charge is 0.469 e. The van der Waals surface area contributed by atoms with Crippen LogP contribution in [-0.2, 0) is 9.53 Å². The van der Waals surface area contributed by atoms with Gasteiger partial charge >= 0.3 is 5.97 Å². The van der Waals surface area contributed by atoms with E-state index in [1.807, 2.05) is 24.5 Å². The second kappa shape index (κ2) is 6.60. The van der Waals surface area contributed by atoms with Crippen molar-refractivity contribution in [2.24, 2.45) is 5.92 Å². The molecule has 4 heteroatoms. The van der Waals surface area contributed by atoms with Crippen LogP contribution in [0.4, 0.5) is 0 Å². The van der Waals surface area contributed by atoms with E-state index in [0.717, 1.165) is 18.4 Å². The third-order valence-corrected chi connectivity index (χ3v) is 6.09. The van der Waals surface area contributed by atoms with Gasteiger partial charge in [-0.25, -0.2) is 0 Å². The van der Waals surface area contributed by atoms with E-state index in [-0.39, 0.29) is 17.8 Å². The van der Waals surface area contributed by atoms with Crippen molar-refractivity contribution in [3.05, 3.63) is 54.4 Å². The fourth-order valence-corrected chi connectivity index (χ4v) is 4.73. The highest BCUT2D eigenvalue weighted by Crippen LogP contribution is 2.46. The molecule has 4 rings (SSSR count). The minimum absolute atomic E-state index is 0.0690. The van der Waals surface area contributed by atoms with E-state index in [9.17, 15) is 4.79 Å². The first-order valence-corrected chi connectivity index (χ1v) is 8.99. The quantitative estimate of drug-likeness (QED) is 0.805. The first kappa shape index (κ1) is 16.3. The topological polar surface area (TPSA) is 42.4 Å². The van der Waals surface area contributed by atoms with E-state index in [0.29, 0.717) is 12.1 Å². The number of carbonyl (C=O) groups is 1. The number of piperidine rings is 1. The number of pyridine rings is 1. The molecule has 4 atom stereocenters. The Hall–Kier alpha value is -2.20. The zero-order chi connectivity index (χ0) is 17.4. The molecule has 0 amide bonds. The average molecular weight is 336 g/mol. The van der Waals surface area contributed by atoms with Gasteiger partial charge in [-0.2, -0.15) is 0 Å². The Labute approximate surface area is 148 Å². The zero-order valence-corrected chi connectivity index (χ0v) is 14.8. The molecule has 2 bridgehead atoms. The van der Waals surface area contributed by atoms with Crippen LogP contribution in [0.3, 0.4) is 0 Å². The van der Waals surface area contributed by atoms with Crippen molar-refractivity contribution < 1.29 is 9.53 Å². The summed E-state index contributed by atoms with van der Waals surface area (Å²) in [6.07, 6.45) is 6.92. The third kappa shape index (κ3) is 2.85. The van der Waals surface area contributed by atoms with Crippen molar-refractivity contribution >= 4 is 5.97 Å². The van der Waals surface area contributed by atoms with E-state index in [1.54, 1.807) is 0 Å². The molecule has 2 saturated heterocycles. The fraction of sp³-hybridized carbons (Fsp3) is 0.429. The lowest BCUT2D eigenvalue weighted by Crippen LogP contribution is -2.49. The number of rotatable bonds is 3. The normalized spacial score (nSPS) is 28.7. The highest BCUT2D eigenvalue weighted by Gasteiger charge is 2.49. The number of benzene rings is 1. The number of nitrogens with zero attached hydrogens (tertiary/aromatic N) is 2. The SMILES string of the molecule is COC(=O)C1C(c2ccc(-c3ccncc3)cc2)CC2CCC1N2C. The Balaban J connectivity index is 1.64. The maximum absolute atomic E-state index is 12.5. The molecule has 25 heavy (non-hydrogen) atoms. The summed E-state index contributed by atoms with van der Waals surface area (Å²) in [6, 6.07) is 13.6. The molecule has 0 saturated carbocycles. The molecule has 130 valence electrons. The highest BCUT2D eigenvalue weighted by atomic mass is 16.5. The van der Waals surface area contributed by atoms with Crippen molar-refractivity contribution in [2.75, 3.05) is 14.2 Å². The lowest BCUT2D eigenvalue weighted by molar-refractivity contribution is -0.150. The number of aromatic nitrogens is 1. The maximum Gasteiger partial charge on any atom is 0.310 e. The van der Waals surface area contributed by atoms with Crippen LogP contribution in [0.1, 0.15) is 30.7 Å². The van der Waals surface area contributed by atoms with Gasteiger partial charge in [0.25, 0.3) is 0 Å². The van der Waals surface area contributed by atoms with E-state index in [2.05, 4.69) is 41.2 Å². The molecule has 0 aliphatic carbocycles. The van der Waals surface area contributed by atoms with Crippen molar-refractivity contribution in [1.82, 2.24) is 9.88 Å². The molecule has 1 aromatic heterocycles. The van der Waals surface area contributed by atoms with Crippen LogP contribution in [0, 0.1) is 5.92 Å². The van der Waals surface area contributed by atoms with Gasteiger partial charge in [0.1, 0.15) is 0 Å². The molecule has 0 radical (unpaired) electrons. The Morgan fingerprint density at radius 3 is 2.44 bits per heavy atom.